The van der Waals surface area contributed by atoms with E-state index >= 15 is 0 Å². The molecule has 0 saturated carbocycles. The largest absolute Gasteiger partial charge is 0.338 e. The summed E-state index contributed by atoms with van der Waals surface area (Å²) in [5.41, 5.74) is -2.87. The Labute approximate surface area is 401 Å². The van der Waals surface area contributed by atoms with Crippen LogP contribution in [0.15, 0.2) is 0 Å². The fourth-order valence-corrected chi connectivity index (χ4v) is 11.6. The van der Waals surface area contributed by atoms with Crippen molar-refractivity contribution in [3.8, 4) is 0 Å². The van der Waals surface area contributed by atoms with Crippen LogP contribution in [0.25, 0.3) is 0 Å². The molecule has 3 amide bonds. The second kappa shape index (κ2) is 20.7. The molecule has 3 N–H and O–H groups in total. The third-order valence-corrected chi connectivity index (χ3v) is 13.4. The van der Waals surface area contributed by atoms with Gasteiger partial charge in [0, 0.05) is 93.6 Å². The van der Waals surface area contributed by atoms with Crippen LogP contribution in [0.3, 0.4) is 0 Å². The molecule has 4 rings (SSSR count). The Bertz CT molecular complexity index is 1610. The van der Waals surface area contributed by atoms with Gasteiger partial charge in [-0.05, 0) is 141 Å². The van der Waals surface area contributed by atoms with E-state index in [1.807, 2.05) is 56.2 Å². The number of carbonyl (C=O) groups excluding carboxylic acids is 3. The van der Waals surface area contributed by atoms with E-state index in [4.69, 9.17) is 15.0 Å². The van der Waals surface area contributed by atoms with Gasteiger partial charge in [0.1, 0.15) is 0 Å². The van der Waals surface area contributed by atoms with Crippen molar-refractivity contribution in [2.75, 3.05) is 73.6 Å². The summed E-state index contributed by atoms with van der Waals surface area (Å²) in [7, 11) is 0. The molecule has 0 aliphatic carbocycles. The molecule has 1 aromatic rings. The highest BCUT2D eigenvalue weighted by Crippen LogP contribution is 2.30. The number of hydrogen-bond acceptors (Lipinski definition) is 12. The molecule has 0 aromatic carbocycles. The maximum Gasteiger partial charge on any atom is 0.242 e. The first kappa shape index (κ1) is 55.3. The number of piperazine rings is 3. The predicted molar refractivity (Wildman–Crippen MR) is 272 cm³/mol. The van der Waals surface area contributed by atoms with Crippen molar-refractivity contribution in [2.24, 2.45) is 17.8 Å². The van der Waals surface area contributed by atoms with Crippen LogP contribution < -0.4 is 30.7 Å². The van der Waals surface area contributed by atoms with Crippen LogP contribution in [0.1, 0.15) is 165 Å². The molecular weight excluding hydrogens is 829 g/mol. The molecule has 3 unspecified atom stereocenters. The second-order valence-electron chi connectivity index (χ2n) is 25.3. The van der Waals surface area contributed by atoms with Gasteiger partial charge < -0.3 is 29.4 Å². The van der Waals surface area contributed by atoms with Gasteiger partial charge in [0.05, 0.1) is 16.6 Å². The highest BCUT2D eigenvalue weighted by atomic mass is 16.2. The lowest BCUT2D eigenvalue weighted by atomic mass is 9.90. The Morgan fingerprint density at radius 1 is 0.424 bits per heavy atom. The number of nitrogens with one attached hydrogen (secondary N) is 3. The lowest BCUT2D eigenvalue weighted by Crippen LogP contribution is -2.70. The first-order valence-corrected chi connectivity index (χ1v) is 25.4. The van der Waals surface area contributed by atoms with Gasteiger partial charge in [0.25, 0.3) is 0 Å². The van der Waals surface area contributed by atoms with Crippen LogP contribution in [0.4, 0.5) is 17.8 Å². The van der Waals surface area contributed by atoms with E-state index in [9.17, 15) is 14.4 Å². The number of amides is 3. The van der Waals surface area contributed by atoms with Gasteiger partial charge in [-0.2, -0.15) is 15.0 Å². The summed E-state index contributed by atoms with van der Waals surface area (Å²) in [5, 5.41) is 10.7. The molecule has 3 aliphatic rings. The topological polar surface area (TPSA) is 145 Å². The molecule has 0 radical (unpaired) electrons. The summed E-state index contributed by atoms with van der Waals surface area (Å²) in [4.78, 5) is 71.3. The van der Waals surface area contributed by atoms with Crippen molar-refractivity contribution in [1.82, 2.24) is 45.6 Å². The SMILES string of the molecule is CC(C)CC(C)N(CCN1CC(C)(C)NC(C)(C)C1=O)c1nc(N(CCN2CC(C)(C)NC(C)(C)C2=O)C(C)CC(C)C)nc(N(CCN2CC(C)(C)NC(C)(C)C2=O)C(C)CC(C)C)n1. The monoisotopic (exact) mass is 925 g/mol. The minimum absolute atomic E-state index is 0.0427. The average Bonchev–Trinajstić information content (AvgIpc) is 3.12. The smallest absolute Gasteiger partial charge is 0.242 e. The lowest BCUT2D eigenvalue weighted by molar-refractivity contribution is -0.143. The minimum atomic E-state index is -0.698. The molecule has 4 heterocycles. The number of carbonyl (C=O) groups is 3. The van der Waals surface area contributed by atoms with Crippen molar-refractivity contribution in [3.05, 3.63) is 0 Å². The standard InChI is InChI=1S/C51H96N12O3/c1-34(2)28-37(7)61(25-22-58-31-46(10,11)55-49(16,17)40(58)64)43-52-44(62(38(8)29-35(3)4)26-23-59-32-47(12,13)56-50(18,19)41(59)65)54-45(53-43)63(39(9)30-36(5)6)27-24-60-33-48(14,15)57-51(20,21)42(60)66/h34-39,55-57H,22-33H2,1-21H3. The minimum Gasteiger partial charge on any atom is -0.338 e. The molecule has 0 bridgehead atoms. The van der Waals surface area contributed by atoms with Crippen molar-refractivity contribution in [2.45, 2.75) is 216 Å². The van der Waals surface area contributed by atoms with Crippen molar-refractivity contribution in [3.63, 3.8) is 0 Å². The van der Waals surface area contributed by atoms with E-state index in [0.717, 1.165) is 19.3 Å². The molecular formula is C51H96N12O3. The van der Waals surface area contributed by atoms with Crippen LogP contribution in [0.5, 0.6) is 0 Å². The Hall–Kier alpha value is -3.30. The molecule has 0 spiro atoms. The Morgan fingerprint density at radius 3 is 0.833 bits per heavy atom. The summed E-state index contributed by atoms with van der Waals surface area (Å²) >= 11 is 0. The first-order chi connectivity index (χ1) is 30.0. The third-order valence-electron chi connectivity index (χ3n) is 13.4. The van der Waals surface area contributed by atoms with Gasteiger partial charge in [0.2, 0.25) is 35.6 Å². The Morgan fingerprint density at radius 2 is 0.636 bits per heavy atom. The number of nitrogens with zero attached hydrogens (tertiary/aromatic N) is 9. The summed E-state index contributed by atoms with van der Waals surface area (Å²) in [5.74, 6) is 3.20. The molecule has 378 valence electrons. The summed E-state index contributed by atoms with van der Waals surface area (Å²) in [6, 6.07) is 0.128. The highest BCUT2D eigenvalue weighted by Gasteiger charge is 2.46. The van der Waals surface area contributed by atoms with E-state index in [0.29, 0.717) is 94.5 Å². The van der Waals surface area contributed by atoms with Gasteiger partial charge in [-0.3, -0.25) is 30.3 Å². The fraction of sp³-hybridized carbons (Fsp3) is 0.882. The zero-order valence-corrected chi connectivity index (χ0v) is 45.7. The molecule has 3 fully saturated rings. The molecule has 3 atom stereocenters. The van der Waals surface area contributed by atoms with Crippen LogP contribution in [0.2, 0.25) is 0 Å². The van der Waals surface area contributed by atoms with Gasteiger partial charge in [-0.1, -0.05) is 41.5 Å². The summed E-state index contributed by atoms with van der Waals surface area (Å²) in [6.45, 7) is 49.9. The van der Waals surface area contributed by atoms with Crippen molar-refractivity contribution < 1.29 is 14.4 Å². The van der Waals surface area contributed by atoms with Gasteiger partial charge in [-0.25, -0.2) is 0 Å². The van der Waals surface area contributed by atoms with Gasteiger partial charge in [-0.15, -0.1) is 0 Å². The van der Waals surface area contributed by atoms with Crippen LogP contribution in [-0.4, -0.2) is 158 Å². The summed E-state index contributed by atoms with van der Waals surface area (Å²) < 4.78 is 0. The molecule has 3 saturated heterocycles. The third kappa shape index (κ3) is 14.4. The van der Waals surface area contributed by atoms with Gasteiger partial charge in [0.15, 0.2) is 0 Å². The lowest BCUT2D eigenvalue weighted by Gasteiger charge is -2.48. The fourth-order valence-electron chi connectivity index (χ4n) is 11.6. The molecule has 66 heavy (non-hydrogen) atoms. The van der Waals surface area contributed by atoms with Crippen LogP contribution in [0, 0.1) is 17.8 Å². The number of hydrogen-bond donors (Lipinski definition) is 3. The molecule has 3 aliphatic heterocycles. The van der Waals surface area contributed by atoms with Gasteiger partial charge >= 0.3 is 0 Å². The number of rotatable bonds is 21. The van der Waals surface area contributed by atoms with E-state index in [-0.39, 0.29) is 52.5 Å². The predicted octanol–water partition coefficient (Wildman–Crippen LogP) is 6.56. The highest BCUT2D eigenvalue weighted by molar-refractivity contribution is 5.88. The Kier molecular flexibility index (Phi) is 17.4. The van der Waals surface area contributed by atoms with E-state index < -0.39 is 16.6 Å². The van der Waals surface area contributed by atoms with E-state index in [1.165, 1.54) is 0 Å². The van der Waals surface area contributed by atoms with Crippen molar-refractivity contribution in [1.29, 1.82) is 0 Å². The maximum absolute atomic E-state index is 14.0. The zero-order chi connectivity index (χ0) is 50.1. The number of aromatic nitrogens is 3. The van der Waals surface area contributed by atoms with E-state index in [1.54, 1.807) is 0 Å². The first-order valence-electron chi connectivity index (χ1n) is 25.4. The second-order valence-corrected chi connectivity index (χ2v) is 25.3. The molecule has 15 nitrogen and oxygen atoms in total. The van der Waals surface area contributed by atoms with Crippen LogP contribution in [-0.2, 0) is 14.4 Å². The number of anilines is 3. The summed E-state index contributed by atoms with van der Waals surface area (Å²) in [6.07, 6.45) is 2.70. The molecule has 15 heteroatoms. The quantitative estimate of drug-likeness (QED) is 0.123. The van der Waals surface area contributed by atoms with E-state index in [2.05, 4.69) is 135 Å². The van der Waals surface area contributed by atoms with Crippen LogP contribution >= 0.6 is 0 Å². The average molecular weight is 925 g/mol. The Balaban J connectivity index is 1.93. The normalized spacial score (nSPS) is 22.5. The molecule has 1 aromatic heterocycles. The maximum atomic E-state index is 14.0. The zero-order valence-electron chi connectivity index (χ0n) is 45.7. The van der Waals surface area contributed by atoms with Crippen molar-refractivity contribution >= 4 is 35.6 Å².